The largest absolute Gasteiger partial charge is 0.458 e. The summed E-state index contributed by atoms with van der Waals surface area (Å²) >= 11 is 6.12. The van der Waals surface area contributed by atoms with Crippen molar-refractivity contribution < 1.29 is 28.7 Å². The van der Waals surface area contributed by atoms with E-state index in [0.717, 1.165) is 4.90 Å². The van der Waals surface area contributed by atoms with Gasteiger partial charge < -0.3 is 9.47 Å². The molecule has 0 atom stereocenters. The van der Waals surface area contributed by atoms with Crippen LogP contribution in [0.25, 0.3) is 6.08 Å². The van der Waals surface area contributed by atoms with E-state index < -0.39 is 30.2 Å². The number of esters is 1. The van der Waals surface area contributed by atoms with Crippen LogP contribution in [0.4, 0.5) is 0 Å². The third-order valence-corrected chi connectivity index (χ3v) is 4.97. The summed E-state index contributed by atoms with van der Waals surface area (Å²) in [4.78, 5) is 50.8. The molecule has 3 rings (SSSR count). The zero-order valence-electron chi connectivity index (χ0n) is 17.1. The van der Waals surface area contributed by atoms with Gasteiger partial charge in [-0.3, -0.25) is 19.3 Å². The molecule has 0 spiro atoms. The standard InChI is InChI=1S/C24H20ClNO6/c1-2-12-32-24(30)19(14-16-7-3-6-10-20(16)25)21(27)15-31-13-11-26-22(28)17-8-4-5-9-18(17)23(26)29/h2-10,14H,1,11-13,15H2/b19-14-. The molecule has 32 heavy (non-hydrogen) atoms. The summed E-state index contributed by atoms with van der Waals surface area (Å²) in [6, 6.07) is 13.2. The van der Waals surface area contributed by atoms with Crippen LogP contribution < -0.4 is 0 Å². The first kappa shape index (κ1) is 23.1. The van der Waals surface area contributed by atoms with Gasteiger partial charge in [0.05, 0.1) is 24.3 Å². The molecule has 1 aliphatic rings. The second-order valence-electron chi connectivity index (χ2n) is 6.75. The zero-order chi connectivity index (χ0) is 23.1. The zero-order valence-corrected chi connectivity index (χ0v) is 17.8. The summed E-state index contributed by atoms with van der Waals surface area (Å²) in [5.74, 6) is -2.28. The summed E-state index contributed by atoms with van der Waals surface area (Å²) in [7, 11) is 0. The van der Waals surface area contributed by atoms with Gasteiger partial charge in [0, 0.05) is 5.02 Å². The fraction of sp³-hybridized carbons (Fsp3) is 0.167. The van der Waals surface area contributed by atoms with E-state index in [4.69, 9.17) is 21.1 Å². The van der Waals surface area contributed by atoms with Crippen molar-refractivity contribution in [2.75, 3.05) is 26.4 Å². The third-order valence-electron chi connectivity index (χ3n) is 4.63. The highest BCUT2D eigenvalue weighted by molar-refractivity contribution is 6.32. The average molecular weight is 454 g/mol. The minimum absolute atomic E-state index is 0.0237. The van der Waals surface area contributed by atoms with Crippen molar-refractivity contribution >= 4 is 41.2 Å². The number of carbonyl (C=O) groups excluding carboxylic acids is 4. The van der Waals surface area contributed by atoms with Crippen molar-refractivity contribution in [1.29, 1.82) is 0 Å². The van der Waals surface area contributed by atoms with Crippen molar-refractivity contribution in [2.24, 2.45) is 0 Å². The van der Waals surface area contributed by atoms with Gasteiger partial charge in [-0.05, 0) is 29.8 Å². The number of fused-ring (bicyclic) bond motifs is 1. The average Bonchev–Trinajstić information content (AvgIpc) is 3.04. The van der Waals surface area contributed by atoms with E-state index in [0.29, 0.717) is 21.7 Å². The summed E-state index contributed by atoms with van der Waals surface area (Å²) in [6.07, 6.45) is 2.72. The van der Waals surface area contributed by atoms with Crippen molar-refractivity contribution in [3.05, 3.63) is 88.5 Å². The molecular weight excluding hydrogens is 434 g/mol. The van der Waals surface area contributed by atoms with Crippen LogP contribution in [0.15, 0.2) is 66.8 Å². The molecule has 8 heteroatoms. The molecule has 2 aromatic rings. The number of halogens is 1. The van der Waals surface area contributed by atoms with Gasteiger partial charge in [-0.1, -0.05) is 54.6 Å². The fourth-order valence-corrected chi connectivity index (χ4v) is 3.24. The van der Waals surface area contributed by atoms with Gasteiger partial charge in [-0.2, -0.15) is 0 Å². The molecule has 0 unspecified atom stereocenters. The summed E-state index contributed by atoms with van der Waals surface area (Å²) in [5, 5.41) is 0.362. The smallest absolute Gasteiger partial charge is 0.342 e. The van der Waals surface area contributed by atoms with E-state index in [-0.39, 0.29) is 25.3 Å². The van der Waals surface area contributed by atoms with Crippen LogP contribution in [-0.4, -0.2) is 54.8 Å². The monoisotopic (exact) mass is 453 g/mol. The summed E-state index contributed by atoms with van der Waals surface area (Å²) in [5.41, 5.74) is 0.909. The Hall–Kier alpha value is -3.55. The minimum atomic E-state index is -0.834. The lowest BCUT2D eigenvalue weighted by atomic mass is 10.1. The molecule has 164 valence electrons. The maximum atomic E-state index is 12.7. The van der Waals surface area contributed by atoms with Crippen LogP contribution in [-0.2, 0) is 19.1 Å². The Morgan fingerprint density at radius 1 is 1.00 bits per heavy atom. The number of carbonyl (C=O) groups is 4. The lowest BCUT2D eigenvalue weighted by molar-refractivity contribution is -0.139. The molecule has 7 nitrogen and oxygen atoms in total. The second kappa shape index (κ2) is 10.7. The summed E-state index contributed by atoms with van der Waals surface area (Å²) in [6.45, 7) is 2.87. The van der Waals surface area contributed by atoms with Crippen LogP contribution >= 0.6 is 11.6 Å². The maximum absolute atomic E-state index is 12.7. The van der Waals surface area contributed by atoms with E-state index in [9.17, 15) is 19.2 Å². The number of rotatable bonds is 10. The number of ether oxygens (including phenoxy) is 2. The number of nitrogens with zero attached hydrogens (tertiary/aromatic N) is 1. The van der Waals surface area contributed by atoms with E-state index in [2.05, 4.69) is 6.58 Å². The molecule has 1 heterocycles. The van der Waals surface area contributed by atoms with E-state index in [1.165, 1.54) is 12.2 Å². The number of hydrogen-bond donors (Lipinski definition) is 0. The molecule has 0 radical (unpaired) electrons. The summed E-state index contributed by atoms with van der Waals surface area (Å²) < 4.78 is 10.4. The van der Waals surface area contributed by atoms with Crippen LogP contribution in [0.2, 0.25) is 5.02 Å². The van der Waals surface area contributed by atoms with E-state index in [1.807, 2.05) is 0 Å². The maximum Gasteiger partial charge on any atom is 0.342 e. The first-order valence-electron chi connectivity index (χ1n) is 9.74. The molecule has 0 saturated carbocycles. The van der Waals surface area contributed by atoms with Crippen LogP contribution in [0.5, 0.6) is 0 Å². The lowest BCUT2D eigenvalue weighted by Crippen LogP contribution is -2.33. The van der Waals surface area contributed by atoms with E-state index in [1.54, 1.807) is 48.5 Å². The molecule has 0 aliphatic carbocycles. The molecule has 2 aromatic carbocycles. The van der Waals surface area contributed by atoms with Crippen molar-refractivity contribution in [3.63, 3.8) is 0 Å². The Balaban J connectivity index is 1.62. The van der Waals surface area contributed by atoms with Crippen LogP contribution in [0, 0.1) is 0 Å². The van der Waals surface area contributed by atoms with Gasteiger partial charge in [0.25, 0.3) is 11.8 Å². The Bertz CT molecular complexity index is 1070. The van der Waals surface area contributed by atoms with Crippen molar-refractivity contribution in [3.8, 4) is 0 Å². The van der Waals surface area contributed by atoms with Gasteiger partial charge >= 0.3 is 5.97 Å². The van der Waals surface area contributed by atoms with Crippen LogP contribution in [0.3, 0.4) is 0 Å². The molecular formula is C24H20ClNO6. The number of Topliss-reactive ketones (excluding diaryl/α,β-unsaturated/α-hetero) is 1. The predicted molar refractivity (Wildman–Crippen MR) is 118 cm³/mol. The third kappa shape index (κ3) is 5.19. The molecule has 2 amide bonds. The highest BCUT2D eigenvalue weighted by Crippen LogP contribution is 2.22. The fourth-order valence-electron chi connectivity index (χ4n) is 3.05. The van der Waals surface area contributed by atoms with Gasteiger partial charge in [0.2, 0.25) is 0 Å². The second-order valence-corrected chi connectivity index (χ2v) is 7.16. The SMILES string of the molecule is C=CCOC(=O)/C(=C\c1ccccc1Cl)C(=O)COCCN1C(=O)c2ccccc2C1=O. The topological polar surface area (TPSA) is 90.0 Å². The Labute approximate surface area is 189 Å². The van der Waals surface area contributed by atoms with Gasteiger partial charge in [-0.25, -0.2) is 4.79 Å². The molecule has 0 bridgehead atoms. The number of amides is 2. The highest BCUT2D eigenvalue weighted by Gasteiger charge is 2.34. The normalized spacial score (nSPS) is 13.2. The first-order valence-corrected chi connectivity index (χ1v) is 10.1. The van der Waals surface area contributed by atoms with Crippen LogP contribution in [0.1, 0.15) is 26.3 Å². The number of hydrogen-bond acceptors (Lipinski definition) is 6. The first-order chi connectivity index (χ1) is 15.4. The lowest BCUT2D eigenvalue weighted by Gasteiger charge is -2.14. The molecule has 0 aromatic heterocycles. The predicted octanol–water partition coefficient (Wildman–Crippen LogP) is 3.33. The van der Waals surface area contributed by atoms with Gasteiger partial charge in [-0.15, -0.1) is 0 Å². The quantitative estimate of drug-likeness (QED) is 0.104. The number of benzene rings is 2. The molecule has 1 aliphatic heterocycles. The highest BCUT2D eigenvalue weighted by atomic mass is 35.5. The van der Waals surface area contributed by atoms with Gasteiger partial charge in [0.1, 0.15) is 18.8 Å². The Morgan fingerprint density at radius 2 is 1.62 bits per heavy atom. The molecule has 0 N–H and O–H groups in total. The van der Waals surface area contributed by atoms with E-state index >= 15 is 0 Å². The Morgan fingerprint density at radius 3 is 2.25 bits per heavy atom. The van der Waals surface area contributed by atoms with Crippen molar-refractivity contribution in [2.45, 2.75) is 0 Å². The van der Waals surface area contributed by atoms with Gasteiger partial charge in [0.15, 0.2) is 5.78 Å². The number of ketones is 1. The van der Waals surface area contributed by atoms with Crippen molar-refractivity contribution in [1.82, 2.24) is 4.90 Å². The minimum Gasteiger partial charge on any atom is -0.458 e. The Kier molecular flexibility index (Phi) is 7.70. The molecule has 0 saturated heterocycles. The molecule has 0 fully saturated rings. The number of imide groups is 1.